The Balaban J connectivity index is 1.74. The summed E-state index contributed by atoms with van der Waals surface area (Å²) in [6.45, 7) is 0. The van der Waals surface area contributed by atoms with Crippen LogP contribution in [0.25, 0.3) is 0 Å². The van der Waals surface area contributed by atoms with E-state index in [0.29, 0.717) is 32.8 Å². The fourth-order valence-electron chi connectivity index (χ4n) is 1.95. The zero-order valence-corrected chi connectivity index (χ0v) is 13.8. The van der Waals surface area contributed by atoms with Crippen LogP contribution in [0.4, 0.5) is 5.69 Å². The van der Waals surface area contributed by atoms with Gasteiger partial charge in [0.25, 0.3) is 5.91 Å². The minimum absolute atomic E-state index is 0.301. The maximum absolute atomic E-state index is 12.1. The third-order valence-electron chi connectivity index (χ3n) is 3.06. The zero-order chi connectivity index (χ0) is 16.9. The molecule has 0 saturated carbocycles. The molecule has 1 heterocycles. The van der Waals surface area contributed by atoms with Gasteiger partial charge in [0, 0.05) is 10.7 Å². The lowest BCUT2D eigenvalue weighted by atomic mass is 10.2. The fraction of sp³-hybridized carbons (Fsp3) is 0. The molecule has 0 spiro atoms. The molecule has 3 rings (SSSR count). The third kappa shape index (κ3) is 4.01. The first-order valence-corrected chi connectivity index (χ1v) is 7.68. The first-order chi connectivity index (χ1) is 11.6. The van der Waals surface area contributed by atoms with E-state index in [1.807, 2.05) is 0 Å². The maximum atomic E-state index is 12.1. The van der Waals surface area contributed by atoms with E-state index in [1.165, 1.54) is 12.4 Å². The number of carbonyl (C=O) groups is 1. The van der Waals surface area contributed by atoms with E-state index in [-0.39, 0.29) is 5.91 Å². The summed E-state index contributed by atoms with van der Waals surface area (Å²) in [4.78, 5) is 12.1. The van der Waals surface area contributed by atoms with Gasteiger partial charge in [-0.25, -0.2) is 0 Å². The Morgan fingerprint density at radius 3 is 2.62 bits per heavy atom. The summed E-state index contributed by atoms with van der Waals surface area (Å²) in [5, 5.41) is 11.0. The number of ether oxygens (including phenoxy) is 1. The molecule has 0 bridgehead atoms. The molecule has 0 aliphatic heterocycles. The van der Waals surface area contributed by atoms with Crippen molar-refractivity contribution in [3.8, 4) is 11.5 Å². The van der Waals surface area contributed by atoms with Crippen LogP contribution in [0.5, 0.6) is 11.5 Å². The number of benzene rings is 2. The summed E-state index contributed by atoms with van der Waals surface area (Å²) in [7, 11) is 0. The number of hydrogen-bond acceptors (Lipinski definition) is 4. The Morgan fingerprint density at radius 1 is 1.04 bits per heavy atom. The minimum atomic E-state index is -0.301. The van der Waals surface area contributed by atoms with E-state index < -0.39 is 0 Å². The highest BCUT2D eigenvalue weighted by Crippen LogP contribution is 2.32. The summed E-state index contributed by atoms with van der Waals surface area (Å²) in [6, 6.07) is 13.5. The van der Waals surface area contributed by atoms with E-state index >= 15 is 0 Å². The number of aromatic nitrogens is 2. The number of anilines is 1. The topological polar surface area (TPSA) is 64.1 Å². The molecule has 0 radical (unpaired) electrons. The first-order valence-electron chi connectivity index (χ1n) is 6.93. The number of nitrogens with zero attached hydrogens (tertiary/aromatic N) is 2. The van der Waals surface area contributed by atoms with Crippen LogP contribution in [-0.4, -0.2) is 16.1 Å². The molecular formula is C17H11Cl2N3O2. The van der Waals surface area contributed by atoms with Crippen LogP contribution in [0.1, 0.15) is 10.4 Å². The standard InChI is InChI=1S/C17H11Cl2N3O2/c18-12-2-1-3-14(8-12)24-16-5-4-13(9-15(16)19)22-17(23)11-6-7-20-21-10-11/h1-10H,(H,22,23). The van der Waals surface area contributed by atoms with Crippen molar-refractivity contribution >= 4 is 34.8 Å². The van der Waals surface area contributed by atoms with E-state index in [4.69, 9.17) is 27.9 Å². The van der Waals surface area contributed by atoms with E-state index in [9.17, 15) is 4.79 Å². The molecule has 3 aromatic rings. The summed E-state index contributed by atoms with van der Waals surface area (Å²) in [5.74, 6) is 0.732. The molecule has 24 heavy (non-hydrogen) atoms. The van der Waals surface area contributed by atoms with Crippen LogP contribution < -0.4 is 10.1 Å². The highest BCUT2D eigenvalue weighted by atomic mass is 35.5. The minimum Gasteiger partial charge on any atom is -0.456 e. The zero-order valence-electron chi connectivity index (χ0n) is 12.2. The van der Waals surface area contributed by atoms with Gasteiger partial charge in [0.05, 0.1) is 23.0 Å². The number of rotatable bonds is 4. The summed E-state index contributed by atoms with van der Waals surface area (Å²) >= 11 is 12.1. The number of carbonyl (C=O) groups excluding carboxylic acids is 1. The Labute approximate surface area is 148 Å². The van der Waals surface area contributed by atoms with Gasteiger partial charge in [-0.3, -0.25) is 4.79 Å². The highest BCUT2D eigenvalue weighted by molar-refractivity contribution is 6.32. The fourth-order valence-corrected chi connectivity index (χ4v) is 2.35. The van der Waals surface area contributed by atoms with Crippen LogP contribution in [0, 0.1) is 0 Å². The predicted molar refractivity (Wildman–Crippen MR) is 93.0 cm³/mol. The monoisotopic (exact) mass is 359 g/mol. The number of amides is 1. The van der Waals surface area contributed by atoms with Gasteiger partial charge in [0.1, 0.15) is 11.5 Å². The van der Waals surface area contributed by atoms with Gasteiger partial charge in [-0.15, -0.1) is 0 Å². The maximum Gasteiger partial charge on any atom is 0.257 e. The average Bonchev–Trinajstić information content (AvgIpc) is 2.58. The molecular weight excluding hydrogens is 349 g/mol. The second-order valence-electron chi connectivity index (χ2n) is 4.79. The van der Waals surface area contributed by atoms with Crippen LogP contribution in [-0.2, 0) is 0 Å². The lowest BCUT2D eigenvalue weighted by molar-refractivity contribution is 0.102. The lowest BCUT2D eigenvalue weighted by Crippen LogP contribution is -2.12. The first kappa shape index (κ1) is 16.2. The molecule has 0 saturated heterocycles. The largest absolute Gasteiger partial charge is 0.456 e. The lowest BCUT2D eigenvalue weighted by Gasteiger charge is -2.10. The molecule has 0 fully saturated rings. The van der Waals surface area contributed by atoms with Gasteiger partial charge < -0.3 is 10.1 Å². The quantitative estimate of drug-likeness (QED) is 0.724. The van der Waals surface area contributed by atoms with E-state index in [2.05, 4.69) is 15.5 Å². The van der Waals surface area contributed by atoms with Crippen molar-refractivity contribution in [2.75, 3.05) is 5.32 Å². The molecule has 0 aliphatic rings. The molecule has 1 amide bonds. The second-order valence-corrected chi connectivity index (χ2v) is 5.63. The summed E-state index contributed by atoms with van der Waals surface area (Å²) in [5.41, 5.74) is 0.945. The Bertz CT molecular complexity index is 873. The molecule has 0 unspecified atom stereocenters. The van der Waals surface area contributed by atoms with Crippen LogP contribution >= 0.6 is 23.2 Å². The van der Waals surface area contributed by atoms with Crippen LogP contribution in [0.15, 0.2) is 60.9 Å². The van der Waals surface area contributed by atoms with Crippen LogP contribution in [0.2, 0.25) is 10.0 Å². The van der Waals surface area contributed by atoms with E-state index in [0.717, 1.165) is 0 Å². The van der Waals surface area contributed by atoms with Crippen molar-refractivity contribution in [3.05, 3.63) is 76.5 Å². The van der Waals surface area contributed by atoms with Gasteiger partial charge in [-0.2, -0.15) is 10.2 Å². The third-order valence-corrected chi connectivity index (χ3v) is 3.59. The van der Waals surface area contributed by atoms with Crippen molar-refractivity contribution in [1.82, 2.24) is 10.2 Å². The Morgan fingerprint density at radius 2 is 1.92 bits per heavy atom. The molecule has 7 heteroatoms. The van der Waals surface area contributed by atoms with Crippen molar-refractivity contribution < 1.29 is 9.53 Å². The predicted octanol–water partition coefficient (Wildman–Crippen LogP) is 4.83. The number of nitrogens with one attached hydrogen (secondary N) is 1. The van der Waals surface area contributed by atoms with Gasteiger partial charge in [-0.1, -0.05) is 29.3 Å². The van der Waals surface area contributed by atoms with Crippen molar-refractivity contribution in [2.45, 2.75) is 0 Å². The number of halogens is 2. The average molecular weight is 360 g/mol. The molecule has 5 nitrogen and oxygen atoms in total. The molecule has 0 aliphatic carbocycles. The molecule has 1 aromatic heterocycles. The number of hydrogen-bond donors (Lipinski definition) is 1. The Hall–Kier alpha value is -2.63. The summed E-state index contributed by atoms with van der Waals surface area (Å²) < 4.78 is 5.69. The van der Waals surface area contributed by atoms with Crippen LogP contribution in [0.3, 0.4) is 0 Å². The van der Waals surface area contributed by atoms with Gasteiger partial charge in [-0.05, 0) is 42.5 Å². The molecule has 120 valence electrons. The van der Waals surface area contributed by atoms with E-state index in [1.54, 1.807) is 48.5 Å². The van der Waals surface area contributed by atoms with Crippen molar-refractivity contribution in [2.24, 2.45) is 0 Å². The summed E-state index contributed by atoms with van der Waals surface area (Å²) in [6.07, 6.45) is 2.83. The molecule has 1 N–H and O–H groups in total. The van der Waals surface area contributed by atoms with Crippen molar-refractivity contribution in [3.63, 3.8) is 0 Å². The molecule has 2 aromatic carbocycles. The Kier molecular flexibility index (Phi) is 4.93. The van der Waals surface area contributed by atoms with Gasteiger partial charge in [0.2, 0.25) is 0 Å². The highest BCUT2D eigenvalue weighted by Gasteiger charge is 2.09. The smallest absolute Gasteiger partial charge is 0.257 e. The van der Waals surface area contributed by atoms with Crippen molar-refractivity contribution in [1.29, 1.82) is 0 Å². The second kappa shape index (κ2) is 7.29. The normalized spacial score (nSPS) is 10.2. The SMILES string of the molecule is O=C(Nc1ccc(Oc2cccc(Cl)c2)c(Cl)c1)c1ccnnc1. The van der Waals surface area contributed by atoms with Gasteiger partial charge >= 0.3 is 0 Å². The molecule has 0 atom stereocenters. The van der Waals surface area contributed by atoms with Gasteiger partial charge in [0.15, 0.2) is 0 Å².